The highest BCUT2D eigenvalue weighted by atomic mass is 16.3. The summed E-state index contributed by atoms with van der Waals surface area (Å²) in [5.74, 6) is 0.238. The van der Waals surface area contributed by atoms with Crippen LogP contribution < -0.4 is 10.2 Å². The number of anilines is 1. The molecule has 0 amide bonds. The number of nitrogens with one attached hydrogen (secondary N) is 2. The normalized spacial score (nSPS) is 16.1. The summed E-state index contributed by atoms with van der Waals surface area (Å²) in [7, 11) is 1.85. The summed E-state index contributed by atoms with van der Waals surface area (Å²) in [6.07, 6.45) is 3.43. The molecule has 1 aliphatic heterocycles. The van der Waals surface area contributed by atoms with Crippen LogP contribution in [0.4, 0.5) is 5.82 Å². The third-order valence-electron chi connectivity index (χ3n) is 5.46. The maximum atomic E-state index is 10.1. The number of aliphatic hydroxyl groups is 1. The third-order valence-corrected chi connectivity index (χ3v) is 5.46. The van der Waals surface area contributed by atoms with Crippen LogP contribution in [0.25, 0.3) is 16.6 Å². The van der Waals surface area contributed by atoms with Gasteiger partial charge in [0.05, 0.1) is 53.2 Å². The SMILES string of the molecule is CC1=C(C#N)C(c2ccc3[nH]ncc3c2)C(C#N)=C(c2ccc(N(C)CCO)nc2)N1. The average molecular weight is 411 g/mol. The second-order valence-corrected chi connectivity index (χ2v) is 7.38. The molecule has 0 fully saturated rings. The van der Waals surface area contributed by atoms with Gasteiger partial charge in [-0.15, -0.1) is 0 Å². The molecular formula is C23H21N7O. The van der Waals surface area contributed by atoms with Crippen LogP contribution in [0.1, 0.15) is 24.0 Å². The van der Waals surface area contributed by atoms with Gasteiger partial charge >= 0.3 is 0 Å². The minimum absolute atomic E-state index is 0.0365. The van der Waals surface area contributed by atoms with Gasteiger partial charge in [-0.05, 0) is 36.8 Å². The maximum absolute atomic E-state index is 10.1. The fraction of sp³-hybridized carbons (Fsp3) is 0.217. The molecular weight excluding hydrogens is 390 g/mol. The number of nitrogens with zero attached hydrogens (tertiary/aromatic N) is 5. The van der Waals surface area contributed by atoms with Gasteiger partial charge in [0.15, 0.2) is 0 Å². The fourth-order valence-corrected chi connectivity index (χ4v) is 3.82. The number of H-pyrrole nitrogens is 1. The molecule has 8 heteroatoms. The summed E-state index contributed by atoms with van der Waals surface area (Å²) in [4.78, 5) is 6.32. The van der Waals surface area contributed by atoms with Crippen molar-refractivity contribution in [3.63, 3.8) is 0 Å². The summed E-state index contributed by atoms with van der Waals surface area (Å²) in [5, 5.41) is 40.2. The molecule has 2 aromatic heterocycles. The van der Waals surface area contributed by atoms with Crippen molar-refractivity contribution in [2.45, 2.75) is 12.8 Å². The van der Waals surface area contributed by atoms with Crippen LogP contribution >= 0.6 is 0 Å². The number of dihydropyridines is 1. The van der Waals surface area contributed by atoms with Crippen LogP contribution in [0.3, 0.4) is 0 Å². The quantitative estimate of drug-likeness (QED) is 0.589. The average Bonchev–Trinajstić information content (AvgIpc) is 3.26. The Morgan fingerprint density at radius 1 is 1.13 bits per heavy atom. The number of likely N-dealkylation sites (N-methyl/N-ethyl adjacent to an activating group) is 1. The summed E-state index contributed by atoms with van der Waals surface area (Å²) >= 11 is 0. The molecule has 1 aromatic carbocycles. The number of nitriles is 2. The highest BCUT2D eigenvalue weighted by Crippen LogP contribution is 2.40. The Bertz CT molecular complexity index is 1270. The predicted octanol–water partition coefficient (Wildman–Crippen LogP) is 2.81. The Labute approximate surface area is 179 Å². The minimum Gasteiger partial charge on any atom is -0.395 e. The highest BCUT2D eigenvalue weighted by molar-refractivity contribution is 5.82. The second kappa shape index (κ2) is 8.31. The topological polar surface area (TPSA) is 125 Å². The Kier molecular flexibility index (Phi) is 5.40. The number of hydrogen-bond acceptors (Lipinski definition) is 7. The van der Waals surface area contributed by atoms with E-state index in [4.69, 9.17) is 5.11 Å². The number of allylic oxidation sites excluding steroid dienone is 3. The van der Waals surface area contributed by atoms with Gasteiger partial charge in [-0.25, -0.2) is 4.98 Å². The van der Waals surface area contributed by atoms with Crippen LogP contribution in [0.5, 0.6) is 0 Å². The van der Waals surface area contributed by atoms with E-state index in [-0.39, 0.29) is 6.61 Å². The summed E-state index contributed by atoms with van der Waals surface area (Å²) in [6, 6.07) is 14.1. The van der Waals surface area contributed by atoms with E-state index in [1.807, 2.05) is 49.2 Å². The first kappa shape index (κ1) is 20.1. The molecule has 0 bridgehead atoms. The van der Waals surface area contributed by atoms with Crippen LogP contribution in [0.2, 0.25) is 0 Å². The molecule has 8 nitrogen and oxygen atoms in total. The molecule has 1 atom stereocenters. The number of benzene rings is 1. The first-order chi connectivity index (χ1) is 15.1. The first-order valence-corrected chi connectivity index (χ1v) is 9.81. The molecule has 3 N–H and O–H groups in total. The van der Waals surface area contributed by atoms with E-state index in [0.717, 1.165) is 27.8 Å². The first-order valence-electron chi connectivity index (χ1n) is 9.81. The van der Waals surface area contributed by atoms with Gasteiger partial charge < -0.3 is 15.3 Å². The highest BCUT2D eigenvalue weighted by Gasteiger charge is 2.31. The van der Waals surface area contributed by atoms with Crippen molar-refractivity contribution < 1.29 is 5.11 Å². The van der Waals surface area contributed by atoms with Gasteiger partial charge in [-0.2, -0.15) is 15.6 Å². The van der Waals surface area contributed by atoms with E-state index in [9.17, 15) is 10.5 Å². The van der Waals surface area contributed by atoms with Crippen LogP contribution in [0.15, 0.2) is 59.6 Å². The zero-order valence-electron chi connectivity index (χ0n) is 17.2. The lowest BCUT2D eigenvalue weighted by molar-refractivity contribution is 0.304. The number of fused-ring (bicyclic) bond motifs is 1. The van der Waals surface area contributed by atoms with Gasteiger partial charge in [0.1, 0.15) is 5.82 Å². The van der Waals surface area contributed by atoms with Crippen molar-refractivity contribution in [3.8, 4) is 12.1 Å². The fourth-order valence-electron chi connectivity index (χ4n) is 3.82. The molecule has 0 aliphatic carbocycles. The lowest BCUT2D eigenvalue weighted by Crippen LogP contribution is -2.25. The number of aromatic amines is 1. The van der Waals surface area contributed by atoms with Crippen molar-refractivity contribution in [1.82, 2.24) is 20.5 Å². The number of aromatic nitrogens is 3. The van der Waals surface area contributed by atoms with Gasteiger partial charge in [0, 0.05) is 36.4 Å². The number of hydrogen-bond donors (Lipinski definition) is 3. The van der Waals surface area contributed by atoms with Crippen molar-refractivity contribution >= 4 is 22.4 Å². The van der Waals surface area contributed by atoms with Crippen LogP contribution in [-0.4, -0.2) is 40.5 Å². The van der Waals surface area contributed by atoms with Crippen molar-refractivity contribution in [2.75, 3.05) is 25.1 Å². The van der Waals surface area contributed by atoms with Gasteiger partial charge in [-0.3, -0.25) is 5.10 Å². The third kappa shape index (κ3) is 3.61. The maximum Gasteiger partial charge on any atom is 0.128 e. The number of rotatable bonds is 5. The molecule has 0 radical (unpaired) electrons. The minimum atomic E-state index is -0.484. The van der Waals surface area contributed by atoms with Crippen molar-refractivity contribution in [2.24, 2.45) is 0 Å². The zero-order chi connectivity index (χ0) is 22.0. The van der Waals surface area contributed by atoms with Gasteiger partial charge in [-0.1, -0.05) is 6.07 Å². The molecule has 31 heavy (non-hydrogen) atoms. The molecule has 0 saturated heterocycles. The zero-order valence-corrected chi connectivity index (χ0v) is 17.2. The van der Waals surface area contributed by atoms with E-state index in [2.05, 4.69) is 32.6 Å². The van der Waals surface area contributed by atoms with E-state index >= 15 is 0 Å². The molecule has 3 heterocycles. The van der Waals surface area contributed by atoms with Crippen LogP contribution in [0, 0.1) is 22.7 Å². The molecule has 0 spiro atoms. The smallest absolute Gasteiger partial charge is 0.128 e. The van der Waals surface area contributed by atoms with Crippen molar-refractivity contribution in [1.29, 1.82) is 10.5 Å². The molecule has 3 aromatic rings. The molecule has 154 valence electrons. The van der Waals surface area contributed by atoms with E-state index in [1.54, 1.807) is 12.4 Å². The summed E-state index contributed by atoms with van der Waals surface area (Å²) in [6.45, 7) is 2.35. The van der Waals surface area contributed by atoms with Gasteiger partial charge in [0.25, 0.3) is 0 Å². The van der Waals surface area contributed by atoms with E-state index in [0.29, 0.717) is 29.1 Å². The largest absolute Gasteiger partial charge is 0.395 e. The van der Waals surface area contributed by atoms with Crippen molar-refractivity contribution in [3.05, 3.63) is 70.7 Å². The second-order valence-electron chi connectivity index (χ2n) is 7.38. The Hall–Kier alpha value is -4.14. The summed E-state index contributed by atoms with van der Waals surface area (Å²) in [5.41, 5.74) is 4.82. The Morgan fingerprint density at radius 2 is 1.94 bits per heavy atom. The van der Waals surface area contributed by atoms with Gasteiger partial charge in [0.2, 0.25) is 0 Å². The van der Waals surface area contributed by atoms with Crippen LogP contribution in [-0.2, 0) is 0 Å². The number of pyridine rings is 1. The number of aliphatic hydroxyl groups excluding tert-OH is 1. The lowest BCUT2D eigenvalue weighted by Gasteiger charge is -2.28. The standard InChI is InChI=1S/C23H21N7O/c1-14-18(10-24)22(15-3-5-20-17(9-15)13-27-29-20)19(11-25)23(28-14)16-4-6-21(26-12-16)30(2)7-8-31/h3-6,9,12-13,22,28,31H,7-8H2,1-2H3,(H,27,29). The lowest BCUT2D eigenvalue weighted by atomic mass is 9.80. The van der Waals surface area contributed by atoms with E-state index < -0.39 is 5.92 Å². The molecule has 1 unspecified atom stereocenters. The predicted molar refractivity (Wildman–Crippen MR) is 117 cm³/mol. The molecule has 4 rings (SSSR count). The van der Waals surface area contributed by atoms with E-state index in [1.165, 1.54) is 0 Å². The molecule has 0 saturated carbocycles. The Morgan fingerprint density at radius 3 is 2.61 bits per heavy atom. The monoisotopic (exact) mass is 411 g/mol. The summed E-state index contributed by atoms with van der Waals surface area (Å²) < 4.78 is 0. The molecule has 1 aliphatic rings. The Balaban J connectivity index is 1.82.